The third-order valence-corrected chi connectivity index (χ3v) is 3.61. The molecule has 2 amide bonds. The van der Waals surface area contributed by atoms with Gasteiger partial charge in [-0.2, -0.15) is 13.2 Å². The van der Waals surface area contributed by atoms with Gasteiger partial charge in [-0.3, -0.25) is 0 Å². The summed E-state index contributed by atoms with van der Waals surface area (Å²) in [6.45, 7) is 1.70. The molecule has 0 bridgehead atoms. The second-order valence-corrected chi connectivity index (χ2v) is 5.31. The molecule has 0 aromatic carbocycles. The number of nitrogens with one attached hydrogen (secondary N) is 1. The highest BCUT2D eigenvalue weighted by Gasteiger charge is 2.42. The van der Waals surface area contributed by atoms with Crippen LogP contribution in [-0.2, 0) is 4.79 Å². The molecule has 0 aromatic heterocycles. The normalized spacial score (nSPS) is 21.0. The van der Waals surface area contributed by atoms with Gasteiger partial charge in [-0.1, -0.05) is 19.8 Å². The van der Waals surface area contributed by atoms with E-state index in [0.717, 1.165) is 11.3 Å². The Balaban J connectivity index is 2.59. The van der Waals surface area contributed by atoms with Crippen molar-refractivity contribution < 1.29 is 27.9 Å². The van der Waals surface area contributed by atoms with Crippen LogP contribution in [-0.4, -0.2) is 47.3 Å². The molecule has 1 fully saturated rings. The maximum absolute atomic E-state index is 12.7. The summed E-state index contributed by atoms with van der Waals surface area (Å²) in [6, 6.07) is -1.78. The third-order valence-electron chi connectivity index (χ3n) is 3.61. The number of unbranched alkanes of at least 4 members (excludes halogenated alkanes) is 1. The lowest BCUT2D eigenvalue weighted by atomic mass is 9.98. The minimum atomic E-state index is -4.33. The van der Waals surface area contributed by atoms with Gasteiger partial charge in [-0.25, -0.2) is 9.59 Å². The van der Waals surface area contributed by atoms with Crippen molar-refractivity contribution in [2.24, 2.45) is 5.92 Å². The molecule has 1 aliphatic heterocycles. The van der Waals surface area contributed by atoms with Crippen LogP contribution < -0.4 is 5.32 Å². The summed E-state index contributed by atoms with van der Waals surface area (Å²) >= 11 is 0. The van der Waals surface area contributed by atoms with Crippen molar-refractivity contribution in [1.29, 1.82) is 0 Å². The molecule has 0 aliphatic carbocycles. The molecule has 8 heteroatoms. The molecule has 1 aliphatic rings. The van der Waals surface area contributed by atoms with Crippen LogP contribution in [0.25, 0.3) is 0 Å². The van der Waals surface area contributed by atoms with E-state index in [1.165, 1.54) is 0 Å². The molecule has 1 unspecified atom stereocenters. The number of carboxylic acids is 1. The Hall–Kier alpha value is -1.47. The molecule has 1 saturated heterocycles. The first kappa shape index (κ1) is 17.6. The number of urea groups is 1. The quantitative estimate of drug-likeness (QED) is 0.820. The first-order chi connectivity index (χ1) is 9.75. The summed E-state index contributed by atoms with van der Waals surface area (Å²) in [5.74, 6) is -2.70. The number of alkyl halides is 3. The topological polar surface area (TPSA) is 69.6 Å². The van der Waals surface area contributed by atoms with Gasteiger partial charge in [0, 0.05) is 13.1 Å². The molecular weight excluding hydrogens is 289 g/mol. The number of rotatable bonds is 5. The molecule has 5 nitrogen and oxygen atoms in total. The Morgan fingerprint density at radius 2 is 2.10 bits per heavy atom. The van der Waals surface area contributed by atoms with Crippen LogP contribution in [0.2, 0.25) is 0 Å². The van der Waals surface area contributed by atoms with E-state index in [1.54, 1.807) is 0 Å². The number of halogens is 3. The monoisotopic (exact) mass is 310 g/mol. The van der Waals surface area contributed by atoms with Gasteiger partial charge in [-0.15, -0.1) is 0 Å². The fourth-order valence-electron chi connectivity index (χ4n) is 2.33. The van der Waals surface area contributed by atoms with E-state index in [4.69, 9.17) is 5.11 Å². The SMILES string of the molecule is CCCC[C@H](NC(=O)N1CCCC(C(F)(F)F)C1)C(=O)O. The fourth-order valence-corrected chi connectivity index (χ4v) is 2.33. The molecule has 2 atom stereocenters. The van der Waals surface area contributed by atoms with Gasteiger partial charge in [0.1, 0.15) is 6.04 Å². The molecule has 0 spiro atoms. The molecule has 0 radical (unpaired) electrons. The number of aliphatic carboxylic acids is 1. The molecule has 2 N–H and O–H groups in total. The van der Waals surface area contributed by atoms with Crippen LogP contribution in [0.15, 0.2) is 0 Å². The van der Waals surface area contributed by atoms with Gasteiger partial charge in [0.2, 0.25) is 0 Å². The maximum Gasteiger partial charge on any atom is 0.393 e. The molecule has 122 valence electrons. The van der Waals surface area contributed by atoms with E-state index in [2.05, 4.69) is 5.32 Å². The lowest BCUT2D eigenvalue weighted by molar-refractivity contribution is -0.184. The Kier molecular flexibility index (Phi) is 6.29. The average Bonchev–Trinajstić information content (AvgIpc) is 2.42. The highest BCUT2D eigenvalue weighted by atomic mass is 19.4. The van der Waals surface area contributed by atoms with Crippen LogP contribution >= 0.6 is 0 Å². The Labute approximate surface area is 121 Å². The second-order valence-electron chi connectivity index (χ2n) is 5.31. The number of hydrogen-bond acceptors (Lipinski definition) is 2. The molecule has 0 aromatic rings. The number of carboxylic acid groups (broad SMARTS) is 1. The van der Waals surface area contributed by atoms with Crippen molar-refractivity contribution in [3.63, 3.8) is 0 Å². The van der Waals surface area contributed by atoms with Gasteiger partial charge >= 0.3 is 18.2 Å². The third kappa shape index (κ3) is 5.43. The summed E-state index contributed by atoms with van der Waals surface area (Å²) < 4.78 is 38.0. The van der Waals surface area contributed by atoms with Gasteiger partial charge in [0.25, 0.3) is 0 Å². The second kappa shape index (κ2) is 7.51. The molecule has 1 rings (SSSR count). The van der Waals surface area contributed by atoms with E-state index >= 15 is 0 Å². The molecule has 21 heavy (non-hydrogen) atoms. The highest BCUT2D eigenvalue weighted by Crippen LogP contribution is 2.33. The lowest BCUT2D eigenvalue weighted by Crippen LogP contribution is -2.52. The van der Waals surface area contributed by atoms with Gasteiger partial charge in [0.05, 0.1) is 5.92 Å². The van der Waals surface area contributed by atoms with Crippen LogP contribution in [0.3, 0.4) is 0 Å². The Bertz CT molecular complexity index is 374. The minimum Gasteiger partial charge on any atom is -0.480 e. The summed E-state index contributed by atoms with van der Waals surface area (Å²) in [4.78, 5) is 24.0. The number of amides is 2. The van der Waals surface area contributed by atoms with Gasteiger partial charge in [0.15, 0.2) is 0 Å². The summed E-state index contributed by atoms with van der Waals surface area (Å²) in [7, 11) is 0. The summed E-state index contributed by atoms with van der Waals surface area (Å²) in [6.07, 6.45) is -2.38. The molecular formula is C13H21F3N2O3. The maximum atomic E-state index is 12.7. The predicted molar refractivity (Wildman–Crippen MR) is 69.8 cm³/mol. The van der Waals surface area contributed by atoms with Crippen LogP contribution in [0.4, 0.5) is 18.0 Å². The zero-order valence-corrected chi connectivity index (χ0v) is 11.9. The number of carbonyl (C=O) groups is 2. The predicted octanol–water partition coefficient (Wildman–Crippen LogP) is 2.61. The van der Waals surface area contributed by atoms with Crippen molar-refractivity contribution in [3.05, 3.63) is 0 Å². The number of nitrogens with zero attached hydrogens (tertiary/aromatic N) is 1. The van der Waals surface area contributed by atoms with E-state index in [9.17, 15) is 22.8 Å². The Morgan fingerprint density at radius 1 is 1.43 bits per heavy atom. The number of likely N-dealkylation sites (tertiary alicyclic amines) is 1. The summed E-state index contributed by atoms with van der Waals surface area (Å²) in [5, 5.41) is 11.3. The van der Waals surface area contributed by atoms with Crippen molar-refractivity contribution in [3.8, 4) is 0 Å². The lowest BCUT2D eigenvalue weighted by Gasteiger charge is -2.34. The largest absolute Gasteiger partial charge is 0.480 e. The zero-order valence-electron chi connectivity index (χ0n) is 11.9. The first-order valence-electron chi connectivity index (χ1n) is 7.10. The standard InChI is InChI=1S/C13H21F3N2O3/c1-2-3-6-10(11(19)20)17-12(21)18-7-4-5-9(8-18)13(14,15)16/h9-10H,2-8H2,1H3,(H,17,21)(H,19,20)/t9?,10-/m0/s1. The zero-order chi connectivity index (χ0) is 16.0. The van der Waals surface area contributed by atoms with E-state index in [0.29, 0.717) is 6.42 Å². The van der Waals surface area contributed by atoms with E-state index in [-0.39, 0.29) is 25.8 Å². The van der Waals surface area contributed by atoms with Crippen molar-refractivity contribution in [2.75, 3.05) is 13.1 Å². The molecule has 1 heterocycles. The van der Waals surface area contributed by atoms with Crippen LogP contribution in [0, 0.1) is 5.92 Å². The minimum absolute atomic E-state index is 0.00543. The van der Waals surface area contributed by atoms with Gasteiger partial charge in [-0.05, 0) is 19.3 Å². The number of hydrogen-bond donors (Lipinski definition) is 2. The highest BCUT2D eigenvalue weighted by molar-refractivity contribution is 5.82. The average molecular weight is 310 g/mol. The van der Waals surface area contributed by atoms with Crippen molar-refractivity contribution >= 4 is 12.0 Å². The van der Waals surface area contributed by atoms with Crippen molar-refractivity contribution in [2.45, 2.75) is 51.2 Å². The molecule has 0 saturated carbocycles. The van der Waals surface area contributed by atoms with Gasteiger partial charge < -0.3 is 15.3 Å². The fraction of sp³-hybridized carbons (Fsp3) is 0.846. The van der Waals surface area contributed by atoms with Crippen LogP contribution in [0.1, 0.15) is 39.0 Å². The summed E-state index contributed by atoms with van der Waals surface area (Å²) in [5.41, 5.74) is 0. The van der Waals surface area contributed by atoms with E-state index < -0.39 is 36.7 Å². The smallest absolute Gasteiger partial charge is 0.393 e. The number of carbonyl (C=O) groups excluding carboxylic acids is 1. The van der Waals surface area contributed by atoms with Crippen molar-refractivity contribution in [1.82, 2.24) is 10.2 Å². The Morgan fingerprint density at radius 3 is 2.62 bits per heavy atom. The van der Waals surface area contributed by atoms with E-state index in [1.807, 2.05) is 6.92 Å². The first-order valence-corrected chi connectivity index (χ1v) is 7.10. The van der Waals surface area contributed by atoms with Crippen LogP contribution in [0.5, 0.6) is 0 Å². The number of piperidine rings is 1.